The summed E-state index contributed by atoms with van der Waals surface area (Å²) in [6.07, 6.45) is 2.92. The Hall–Kier alpha value is -1.10. The van der Waals surface area contributed by atoms with E-state index in [4.69, 9.17) is 0 Å². The number of guanidine groups is 1. The number of hydrogen-bond donors (Lipinski definition) is 4. The molecule has 1 saturated heterocycles. The topological polar surface area (TPSA) is 97.9 Å². The average Bonchev–Trinajstić information content (AvgIpc) is 2.63. The van der Waals surface area contributed by atoms with E-state index < -0.39 is 0 Å². The first-order valence-electron chi connectivity index (χ1n) is 9.70. The fourth-order valence-corrected chi connectivity index (χ4v) is 2.72. The predicted octanol–water partition coefficient (Wildman–Crippen LogP) is 0.532. The van der Waals surface area contributed by atoms with Gasteiger partial charge in [0, 0.05) is 51.7 Å². The Morgan fingerprint density at radius 3 is 2.26 bits per heavy atom. The molecule has 0 aromatic heterocycles. The first-order valence-corrected chi connectivity index (χ1v) is 9.70. The Bertz CT molecular complexity index is 465. The number of nitrogens with zero attached hydrogens (tertiary/aromatic N) is 2. The average molecular weight is 496 g/mol. The molecule has 27 heavy (non-hydrogen) atoms. The molecule has 0 atom stereocenters. The van der Waals surface area contributed by atoms with Gasteiger partial charge in [0.15, 0.2) is 5.96 Å². The van der Waals surface area contributed by atoms with Gasteiger partial charge in [-0.15, -0.1) is 24.0 Å². The summed E-state index contributed by atoms with van der Waals surface area (Å²) in [4.78, 5) is 29.7. The highest BCUT2D eigenvalue weighted by atomic mass is 127. The second-order valence-electron chi connectivity index (χ2n) is 6.99. The van der Waals surface area contributed by atoms with E-state index in [1.807, 2.05) is 13.8 Å². The largest absolute Gasteiger partial charge is 0.355 e. The summed E-state index contributed by atoms with van der Waals surface area (Å²) < 4.78 is 0. The molecule has 0 saturated carbocycles. The molecule has 9 heteroatoms. The summed E-state index contributed by atoms with van der Waals surface area (Å²) in [5, 5.41) is 12.4. The van der Waals surface area contributed by atoms with E-state index in [2.05, 4.69) is 38.1 Å². The normalized spacial score (nSPS) is 15.8. The van der Waals surface area contributed by atoms with E-state index in [1.165, 1.54) is 0 Å². The zero-order chi connectivity index (χ0) is 19.4. The van der Waals surface area contributed by atoms with Crippen molar-refractivity contribution in [2.45, 2.75) is 46.1 Å². The Morgan fingerprint density at radius 1 is 1.07 bits per heavy atom. The minimum absolute atomic E-state index is 0. The standard InChI is InChI=1S/C18H36N6O2.HI/c1-5-8-20-16(25)13-24-11-6-15(7-12-24)23-18(19-4)22-10-9-21-17(26)14(2)3;/h14-15H,5-13H2,1-4H3,(H,20,25)(H,21,26)(H2,19,22,23);1H. The molecule has 158 valence electrons. The maximum Gasteiger partial charge on any atom is 0.234 e. The van der Waals surface area contributed by atoms with Crippen LogP contribution in [0.25, 0.3) is 0 Å². The zero-order valence-electron chi connectivity index (χ0n) is 17.1. The summed E-state index contributed by atoms with van der Waals surface area (Å²) in [6.45, 7) is 10.0. The fraction of sp³-hybridized carbons (Fsp3) is 0.833. The molecule has 0 aromatic rings. The molecule has 1 fully saturated rings. The van der Waals surface area contributed by atoms with Crippen molar-refractivity contribution in [3.8, 4) is 0 Å². The van der Waals surface area contributed by atoms with Crippen LogP contribution < -0.4 is 21.3 Å². The number of likely N-dealkylation sites (tertiary alicyclic amines) is 1. The number of carbonyl (C=O) groups is 2. The van der Waals surface area contributed by atoms with Gasteiger partial charge in [0.1, 0.15) is 0 Å². The molecule has 1 aliphatic rings. The summed E-state index contributed by atoms with van der Waals surface area (Å²) in [5.41, 5.74) is 0. The van der Waals surface area contributed by atoms with E-state index in [0.29, 0.717) is 25.7 Å². The van der Waals surface area contributed by atoms with E-state index in [1.54, 1.807) is 7.05 Å². The van der Waals surface area contributed by atoms with Crippen molar-refractivity contribution >= 4 is 41.8 Å². The maximum atomic E-state index is 11.8. The van der Waals surface area contributed by atoms with Crippen LogP contribution in [0.15, 0.2) is 4.99 Å². The van der Waals surface area contributed by atoms with Gasteiger partial charge in [0.05, 0.1) is 6.54 Å². The van der Waals surface area contributed by atoms with E-state index >= 15 is 0 Å². The molecule has 0 unspecified atom stereocenters. The molecule has 4 N–H and O–H groups in total. The van der Waals surface area contributed by atoms with Crippen LogP contribution in [0.4, 0.5) is 0 Å². The Balaban J connectivity index is 0.00000676. The van der Waals surface area contributed by atoms with Crippen molar-refractivity contribution in [2.75, 3.05) is 46.3 Å². The third-order valence-corrected chi connectivity index (χ3v) is 4.33. The van der Waals surface area contributed by atoms with Crippen molar-refractivity contribution in [3.63, 3.8) is 0 Å². The number of nitrogens with one attached hydrogen (secondary N) is 4. The van der Waals surface area contributed by atoms with Gasteiger partial charge in [0.25, 0.3) is 0 Å². The van der Waals surface area contributed by atoms with Gasteiger partial charge in [-0.05, 0) is 19.3 Å². The summed E-state index contributed by atoms with van der Waals surface area (Å²) >= 11 is 0. The van der Waals surface area contributed by atoms with Gasteiger partial charge in [-0.2, -0.15) is 0 Å². The minimum Gasteiger partial charge on any atom is -0.355 e. The Kier molecular flexibility index (Phi) is 14.3. The molecular formula is C18H37IN6O2. The number of halogens is 1. The lowest BCUT2D eigenvalue weighted by molar-refractivity contribution is -0.124. The van der Waals surface area contributed by atoms with Crippen molar-refractivity contribution < 1.29 is 9.59 Å². The molecule has 2 amide bonds. The number of piperidine rings is 1. The second-order valence-corrected chi connectivity index (χ2v) is 6.99. The van der Waals surface area contributed by atoms with Gasteiger partial charge < -0.3 is 21.3 Å². The third-order valence-electron chi connectivity index (χ3n) is 4.33. The SMILES string of the molecule is CCCNC(=O)CN1CCC(NC(=NC)NCCNC(=O)C(C)C)CC1.I. The van der Waals surface area contributed by atoms with Crippen LogP contribution in [0.1, 0.15) is 40.0 Å². The summed E-state index contributed by atoms with van der Waals surface area (Å²) in [5.74, 6) is 0.925. The van der Waals surface area contributed by atoms with Crippen LogP contribution in [0.5, 0.6) is 0 Å². The Morgan fingerprint density at radius 2 is 1.70 bits per heavy atom. The Labute approximate surface area is 180 Å². The van der Waals surface area contributed by atoms with Gasteiger partial charge in [-0.1, -0.05) is 20.8 Å². The lowest BCUT2D eigenvalue weighted by atomic mass is 10.1. The van der Waals surface area contributed by atoms with Crippen molar-refractivity contribution in [1.82, 2.24) is 26.2 Å². The summed E-state index contributed by atoms with van der Waals surface area (Å²) in [7, 11) is 1.75. The lowest BCUT2D eigenvalue weighted by Gasteiger charge is -2.32. The first-order chi connectivity index (χ1) is 12.5. The predicted molar refractivity (Wildman–Crippen MR) is 121 cm³/mol. The van der Waals surface area contributed by atoms with Gasteiger partial charge in [0.2, 0.25) is 11.8 Å². The number of amides is 2. The highest BCUT2D eigenvalue weighted by Gasteiger charge is 2.21. The monoisotopic (exact) mass is 496 g/mol. The van der Waals surface area contributed by atoms with E-state index in [9.17, 15) is 9.59 Å². The zero-order valence-corrected chi connectivity index (χ0v) is 19.5. The molecule has 0 aromatic carbocycles. The van der Waals surface area contributed by atoms with Gasteiger partial charge >= 0.3 is 0 Å². The second kappa shape index (κ2) is 14.9. The quantitative estimate of drug-likeness (QED) is 0.162. The molecule has 1 heterocycles. The highest BCUT2D eigenvalue weighted by Crippen LogP contribution is 2.09. The van der Waals surface area contributed by atoms with Crippen LogP contribution in [0, 0.1) is 5.92 Å². The number of hydrogen-bond acceptors (Lipinski definition) is 4. The molecule has 0 radical (unpaired) electrons. The van der Waals surface area contributed by atoms with E-state index in [0.717, 1.165) is 44.9 Å². The van der Waals surface area contributed by atoms with Crippen LogP contribution in [-0.2, 0) is 9.59 Å². The smallest absolute Gasteiger partial charge is 0.234 e. The van der Waals surface area contributed by atoms with Crippen LogP contribution in [0.2, 0.25) is 0 Å². The van der Waals surface area contributed by atoms with Crippen molar-refractivity contribution in [1.29, 1.82) is 0 Å². The highest BCUT2D eigenvalue weighted by molar-refractivity contribution is 14.0. The molecule has 8 nitrogen and oxygen atoms in total. The fourth-order valence-electron chi connectivity index (χ4n) is 2.72. The maximum absolute atomic E-state index is 11.8. The molecule has 1 rings (SSSR count). The van der Waals surface area contributed by atoms with Crippen molar-refractivity contribution in [2.24, 2.45) is 10.9 Å². The molecular weight excluding hydrogens is 459 g/mol. The van der Waals surface area contributed by atoms with Crippen LogP contribution >= 0.6 is 24.0 Å². The number of aliphatic imine (C=N–C) groups is 1. The van der Waals surface area contributed by atoms with Gasteiger partial charge in [-0.3, -0.25) is 19.5 Å². The van der Waals surface area contributed by atoms with E-state index in [-0.39, 0.29) is 41.7 Å². The lowest BCUT2D eigenvalue weighted by Crippen LogP contribution is -2.51. The molecule has 0 bridgehead atoms. The summed E-state index contributed by atoms with van der Waals surface area (Å²) in [6, 6.07) is 0.349. The first kappa shape index (κ1) is 25.9. The molecule has 1 aliphatic heterocycles. The number of rotatable bonds is 9. The minimum atomic E-state index is 0. The molecule has 0 spiro atoms. The molecule has 0 aliphatic carbocycles. The van der Waals surface area contributed by atoms with Crippen molar-refractivity contribution in [3.05, 3.63) is 0 Å². The third kappa shape index (κ3) is 11.4. The number of carbonyl (C=O) groups excluding carboxylic acids is 2. The van der Waals surface area contributed by atoms with Gasteiger partial charge in [-0.25, -0.2) is 0 Å². The van der Waals surface area contributed by atoms with Crippen LogP contribution in [0.3, 0.4) is 0 Å². The van der Waals surface area contributed by atoms with Crippen LogP contribution in [-0.4, -0.2) is 75.0 Å².